The molecular formula is C15H18N4O. The third-order valence-corrected chi connectivity index (χ3v) is 3.76. The molecule has 0 bridgehead atoms. The Hall–Kier alpha value is -2.14. The molecule has 1 aromatic carbocycles. The minimum Gasteiger partial charge on any atom is -0.393 e. The van der Waals surface area contributed by atoms with Gasteiger partial charge < -0.3 is 15.7 Å². The zero-order chi connectivity index (χ0) is 14.1. The molecule has 20 heavy (non-hydrogen) atoms. The average Bonchev–Trinajstić information content (AvgIpc) is 2.46. The Morgan fingerprint density at radius 3 is 2.70 bits per heavy atom. The van der Waals surface area contributed by atoms with Crippen LogP contribution in [0.1, 0.15) is 18.4 Å². The monoisotopic (exact) mass is 270 g/mol. The van der Waals surface area contributed by atoms with Crippen LogP contribution in [0.25, 0.3) is 10.9 Å². The van der Waals surface area contributed by atoms with Gasteiger partial charge in [-0.1, -0.05) is 18.2 Å². The van der Waals surface area contributed by atoms with Crippen LogP contribution in [0, 0.1) is 5.41 Å². The summed E-state index contributed by atoms with van der Waals surface area (Å²) in [6, 6.07) is 9.75. The Morgan fingerprint density at radius 2 is 2.00 bits per heavy atom. The van der Waals surface area contributed by atoms with E-state index in [0.29, 0.717) is 5.56 Å². The van der Waals surface area contributed by atoms with Gasteiger partial charge in [0.25, 0.3) is 0 Å². The Bertz CT molecular complexity index is 647. The second-order valence-corrected chi connectivity index (χ2v) is 5.18. The summed E-state index contributed by atoms with van der Waals surface area (Å²) in [5.74, 6) is 0.785. The van der Waals surface area contributed by atoms with E-state index in [9.17, 15) is 5.11 Å². The second kappa shape index (κ2) is 5.09. The summed E-state index contributed by atoms with van der Waals surface area (Å²) in [5.41, 5.74) is 7.28. The van der Waals surface area contributed by atoms with Gasteiger partial charge in [0.1, 0.15) is 11.7 Å². The normalized spacial score (nSPS) is 16.6. The van der Waals surface area contributed by atoms with Crippen LogP contribution in [0.5, 0.6) is 0 Å². The molecule has 0 aliphatic carbocycles. The molecule has 104 valence electrons. The van der Waals surface area contributed by atoms with Crippen molar-refractivity contribution >= 4 is 22.6 Å². The number of aliphatic hydroxyl groups excluding tert-OH is 1. The third-order valence-electron chi connectivity index (χ3n) is 3.76. The Kier molecular flexibility index (Phi) is 3.28. The van der Waals surface area contributed by atoms with Crippen LogP contribution in [0.2, 0.25) is 0 Å². The van der Waals surface area contributed by atoms with Crippen LogP contribution in [0.15, 0.2) is 30.3 Å². The first kappa shape index (κ1) is 12.9. The lowest BCUT2D eigenvalue weighted by Gasteiger charge is -2.31. The van der Waals surface area contributed by atoms with Gasteiger partial charge in [-0.05, 0) is 25.0 Å². The molecule has 0 saturated carbocycles. The number of rotatable bonds is 2. The SMILES string of the molecule is N=C(N)c1cc2ccccc2nc1N1CCC(O)CC1. The van der Waals surface area contributed by atoms with Gasteiger partial charge in [-0.25, -0.2) is 4.98 Å². The van der Waals surface area contributed by atoms with Gasteiger partial charge in [0, 0.05) is 18.5 Å². The first-order chi connectivity index (χ1) is 9.65. The third kappa shape index (κ3) is 2.32. The first-order valence-electron chi connectivity index (χ1n) is 6.82. The second-order valence-electron chi connectivity index (χ2n) is 5.18. The van der Waals surface area contributed by atoms with E-state index in [1.165, 1.54) is 0 Å². The minimum atomic E-state index is -0.229. The van der Waals surface area contributed by atoms with E-state index in [2.05, 4.69) is 9.88 Å². The molecule has 0 radical (unpaired) electrons. The topological polar surface area (TPSA) is 86.2 Å². The van der Waals surface area contributed by atoms with Crippen molar-refractivity contribution in [3.8, 4) is 0 Å². The molecule has 0 atom stereocenters. The number of benzene rings is 1. The average molecular weight is 270 g/mol. The number of aromatic nitrogens is 1. The van der Waals surface area contributed by atoms with Crippen LogP contribution in [0.3, 0.4) is 0 Å². The summed E-state index contributed by atoms with van der Waals surface area (Å²) in [6.07, 6.45) is 1.23. The number of pyridine rings is 1. The Labute approximate surface area is 117 Å². The molecule has 2 aromatic rings. The quantitative estimate of drug-likeness (QED) is 0.570. The number of aliphatic hydroxyl groups is 1. The van der Waals surface area contributed by atoms with Gasteiger partial charge >= 0.3 is 0 Å². The van der Waals surface area contributed by atoms with Gasteiger partial charge in [0.15, 0.2) is 0 Å². The van der Waals surface area contributed by atoms with Crippen LogP contribution in [-0.4, -0.2) is 35.1 Å². The van der Waals surface area contributed by atoms with E-state index in [4.69, 9.17) is 11.1 Å². The summed E-state index contributed by atoms with van der Waals surface area (Å²) in [4.78, 5) is 6.78. The van der Waals surface area contributed by atoms with Crippen LogP contribution in [-0.2, 0) is 0 Å². The number of hydrogen-bond donors (Lipinski definition) is 3. The van der Waals surface area contributed by atoms with Crippen molar-refractivity contribution in [2.24, 2.45) is 5.73 Å². The van der Waals surface area contributed by atoms with Gasteiger partial charge in [-0.3, -0.25) is 5.41 Å². The highest BCUT2D eigenvalue weighted by atomic mass is 16.3. The highest BCUT2D eigenvalue weighted by Crippen LogP contribution is 2.25. The number of nitrogens with two attached hydrogens (primary N) is 1. The largest absolute Gasteiger partial charge is 0.393 e. The number of piperidine rings is 1. The molecule has 0 spiro atoms. The molecule has 2 heterocycles. The lowest BCUT2D eigenvalue weighted by molar-refractivity contribution is 0.145. The number of para-hydroxylation sites is 1. The number of hydrogen-bond acceptors (Lipinski definition) is 4. The predicted molar refractivity (Wildman–Crippen MR) is 80.2 cm³/mol. The van der Waals surface area contributed by atoms with Crippen molar-refractivity contribution in [3.63, 3.8) is 0 Å². The van der Waals surface area contributed by atoms with E-state index in [1.807, 2.05) is 30.3 Å². The fourth-order valence-corrected chi connectivity index (χ4v) is 2.62. The van der Waals surface area contributed by atoms with E-state index in [1.54, 1.807) is 0 Å². The Balaban J connectivity index is 2.07. The number of amidine groups is 1. The number of fused-ring (bicyclic) bond motifs is 1. The van der Waals surface area contributed by atoms with Crippen LogP contribution >= 0.6 is 0 Å². The summed E-state index contributed by atoms with van der Waals surface area (Å²) >= 11 is 0. The minimum absolute atomic E-state index is 0.0318. The van der Waals surface area contributed by atoms with E-state index < -0.39 is 0 Å². The molecule has 5 nitrogen and oxygen atoms in total. The standard InChI is InChI=1S/C15H18N4O/c16-14(17)12-9-10-3-1-2-4-13(10)18-15(12)19-7-5-11(20)6-8-19/h1-4,9,11,20H,5-8H2,(H3,16,17). The molecule has 1 fully saturated rings. The zero-order valence-corrected chi connectivity index (χ0v) is 11.2. The first-order valence-corrected chi connectivity index (χ1v) is 6.82. The summed E-state index contributed by atoms with van der Waals surface area (Å²) in [5, 5.41) is 18.4. The number of nitrogens with zero attached hydrogens (tertiary/aromatic N) is 2. The molecule has 1 saturated heterocycles. The van der Waals surface area contributed by atoms with E-state index in [-0.39, 0.29) is 11.9 Å². The maximum Gasteiger partial charge on any atom is 0.140 e. The van der Waals surface area contributed by atoms with Crippen molar-refractivity contribution in [1.82, 2.24) is 4.98 Å². The van der Waals surface area contributed by atoms with Crippen molar-refractivity contribution in [2.45, 2.75) is 18.9 Å². The Morgan fingerprint density at radius 1 is 1.30 bits per heavy atom. The van der Waals surface area contributed by atoms with Crippen molar-refractivity contribution < 1.29 is 5.11 Å². The number of anilines is 1. The van der Waals surface area contributed by atoms with Crippen molar-refractivity contribution in [1.29, 1.82) is 5.41 Å². The summed E-state index contributed by atoms with van der Waals surface area (Å²) < 4.78 is 0. The molecule has 5 heteroatoms. The zero-order valence-electron chi connectivity index (χ0n) is 11.2. The van der Waals surface area contributed by atoms with Gasteiger partial charge in [-0.2, -0.15) is 0 Å². The van der Waals surface area contributed by atoms with Crippen molar-refractivity contribution in [3.05, 3.63) is 35.9 Å². The molecule has 1 aromatic heterocycles. The fraction of sp³-hybridized carbons (Fsp3) is 0.333. The van der Waals surface area contributed by atoms with Crippen LogP contribution in [0.4, 0.5) is 5.82 Å². The smallest absolute Gasteiger partial charge is 0.140 e. The number of nitrogen functional groups attached to an aromatic ring is 1. The molecule has 0 unspecified atom stereocenters. The van der Waals surface area contributed by atoms with Gasteiger partial charge in [0.2, 0.25) is 0 Å². The molecule has 1 aliphatic heterocycles. The fourth-order valence-electron chi connectivity index (χ4n) is 2.62. The highest BCUT2D eigenvalue weighted by molar-refractivity contribution is 6.03. The molecule has 1 aliphatic rings. The molecule has 0 amide bonds. The van der Waals surface area contributed by atoms with E-state index in [0.717, 1.165) is 42.7 Å². The molecular weight excluding hydrogens is 252 g/mol. The van der Waals surface area contributed by atoms with Crippen molar-refractivity contribution in [2.75, 3.05) is 18.0 Å². The van der Waals surface area contributed by atoms with Crippen LogP contribution < -0.4 is 10.6 Å². The lowest BCUT2D eigenvalue weighted by Crippen LogP contribution is -2.37. The lowest BCUT2D eigenvalue weighted by atomic mass is 10.1. The summed E-state index contributed by atoms with van der Waals surface area (Å²) in [7, 11) is 0. The number of nitrogens with one attached hydrogen (secondary N) is 1. The van der Waals surface area contributed by atoms with Gasteiger partial charge in [-0.15, -0.1) is 0 Å². The van der Waals surface area contributed by atoms with E-state index >= 15 is 0 Å². The molecule has 4 N–H and O–H groups in total. The molecule has 3 rings (SSSR count). The summed E-state index contributed by atoms with van der Waals surface area (Å²) in [6.45, 7) is 1.49. The maximum absolute atomic E-state index is 9.61. The maximum atomic E-state index is 9.61. The van der Waals surface area contributed by atoms with Gasteiger partial charge in [0.05, 0.1) is 17.2 Å². The highest BCUT2D eigenvalue weighted by Gasteiger charge is 2.21. The predicted octanol–water partition coefficient (Wildman–Crippen LogP) is 1.48.